The first kappa shape index (κ1) is 18.3. The van der Waals surface area contributed by atoms with Crippen LogP contribution in [0.5, 0.6) is 0 Å². The van der Waals surface area contributed by atoms with Crippen molar-refractivity contribution < 1.29 is 13.2 Å². The highest BCUT2D eigenvalue weighted by Crippen LogP contribution is 2.24. The van der Waals surface area contributed by atoms with Crippen molar-refractivity contribution in [2.24, 2.45) is 0 Å². The van der Waals surface area contributed by atoms with Gasteiger partial charge < -0.3 is 5.32 Å². The van der Waals surface area contributed by atoms with Gasteiger partial charge in [0.05, 0.1) is 4.90 Å². The molecule has 0 saturated carbocycles. The Morgan fingerprint density at radius 2 is 1.88 bits per heavy atom. The molecule has 0 spiro atoms. The Hall–Kier alpha value is -2.00. The Labute approximate surface area is 145 Å². The standard InChI is InChI=1S/C15H20N4O3S2/c1-10(2)14-17-18-15(23-14)19-24(21,22)13-6-4-12(5-7-13)8-9-16-11(3)20/h4-7,10H,8-9H2,1-3H3,(H,16,20)(H,18,19). The molecule has 1 amide bonds. The Morgan fingerprint density at radius 3 is 2.42 bits per heavy atom. The van der Waals surface area contributed by atoms with Crippen LogP contribution in [-0.2, 0) is 21.2 Å². The van der Waals surface area contributed by atoms with Crippen molar-refractivity contribution in [3.05, 3.63) is 34.8 Å². The van der Waals surface area contributed by atoms with Crippen LogP contribution in [0.2, 0.25) is 0 Å². The SMILES string of the molecule is CC(=O)NCCc1ccc(S(=O)(=O)Nc2nnc(C(C)C)s2)cc1. The summed E-state index contributed by atoms with van der Waals surface area (Å²) in [5, 5.41) is 11.6. The second-order valence-electron chi connectivity index (χ2n) is 5.58. The van der Waals surface area contributed by atoms with E-state index in [0.717, 1.165) is 10.6 Å². The monoisotopic (exact) mass is 368 g/mol. The summed E-state index contributed by atoms with van der Waals surface area (Å²) in [5.74, 6) is 0.111. The van der Waals surface area contributed by atoms with E-state index in [0.29, 0.717) is 13.0 Å². The molecule has 0 fully saturated rings. The van der Waals surface area contributed by atoms with Gasteiger partial charge in [0, 0.05) is 19.4 Å². The topological polar surface area (TPSA) is 101 Å². The van der Waals surface area contributed by atoms with Crippen LogP contribution >= 0.6 is 11.3 Å². The van der Waals surface area contributed by atoms with Gasteiger partial charge in [0.25, 0.3) is 10.0 Å². The molecule has 2 rings (SSSR count). The smallest absolute Gasteiger partial charge is 0.263 e. The first-order valence-electron chi connectivity index (χ1n) is 7.47. The third kappa shape index (κ3) is 5.00. The Morgan fingerprint density at radius 1 is 1.21 bits per heavy atom. The van der Waals surface area contributed by atoms with Crippen LogP contribution in [0.4, 0.5) is 5.13 Å². The van der Waals surface area contributed by atoms with E-state index in [2.05, 4.69) is 20.2 Å². The molecule has 9 heteroatoms. The van der Waals surface area contributed by atoms with Crippen molar-refractivity contribution in [3.63, 3.8) is 0 Å². The van der Waals surface area contributed by atoms with Gasteiger partial charge in [0.2, 0.25) is 11.0 Å². The van der Waals surface area contributed by atoms with Crippen LogP contribution < -0.4 is 10.0 Å². The Kier molecular flexibility index (Phi) is 5.89. The molecule has 24 heavy (non-hydrogen) atoms. The molecule has 2 aromatic rings. The van der Waals surface area contributed by atoms with Gasteiger partial charge in [-0.25, -0.2) is 8.42 Å². The fourth-order valence-electron chi connectivity index (χ4n) is 1.90. The molecular weight excluding hydrogens is 348 g/mol. The average Bonchev–Trinajstić information content (AvgIpc) is 2.95. The first-order chi connectivity index (χ1) is 11.3. The summed E-state index contributed by atoms with van der Waals surface area (Å²) < 4.78 is 27.2. The molecule has 0 bridgehead atoms. The number of hydrogen-bond acceptors (Lipinski definition) is 6. The van der Waals surface area contributed by atoms with E-state index < -0.39 is 10.0 Å². The van der Waals surface area contributed by atoms with Crippen molar-refractivity contribution >= 4 is 32.4 Å². The van der Waals surface area contributed by atoms with Gasteiger partial charge in [0.15, 0.2) is 0 Å². The second kappa shape index (κ2) is 7.71. The van der Waals surface area contributed by atoms with Crippen LogP contribution in [0.25, 0.3) is 0 Å². The molecule has 130 valence electrons. The third-order valence-corrected chi connectivity index (χ3v) is 5.80. The molecule has 2 N–H and O–H groups in total. The number of nitrogens with one attached hydrogen (secondary N) is 2. The number of amides is 1. The van der Waals surface area contributed by atoms with E-state index in [9.17, 15) is 13.2 Å². The first-order valence-corrected chi connectivity index (χ1v) is 9.77. The number of carbonyl (C=O) groups is 1. The molecule has 7 nitrogen and oxygen atoms in total. The summed E-state index contributed by atoms with van der Waals surface area (Å²) >= 11 is 1.23. The lowest BCUT2D eigenvalue weighted by Crippen LogP contribution is -2.22. The minimum Gasteiger partial charge on any atom is -0.356 e. The van der Waals surface area contributed by atoms with Gasteiger partial charge in [-0.15, -0.1) is 10.2 Å². The van der Waals surface area contributed by atoms with Crippen molar-refractivity contribution in [2.75, 3.05) is 11.3 Å². The number of anilines is 1. The quantitative estimate of drug-likeness (QED) is 0.780. The van der Waals surface area contributed by atoms with Crippen LogP contribution in [0.15, 0.2) is 29.2 Å². The highest BCUT2D eigenvalue weighted by Gasteiger charge is 2.17. The number of sulfonamides is 1. The predicted molar refractivity (Wildman–Crippen MR) is 93.6 cm³/mol. The molecule has 0 unspecified atom stereocenters. The number of rotatable bonds is 7. The molecule has 1 aromatic heterocycles. The van der Waals surface area contributed by atoms with E-state index in [-0.39, 0.29) is 21.9 Å². The van der Waals surface area contributed by atoms with Crippen LogP contribution in [0.1, 0.15) is 37.3 Å². The molecule has 0 aliphatic heterocycles. The van der Waals surface area contributed by atoms with E-state index >= 15 is 0 Å². The number of hydrogen-bond donors (Lipinski definition) is 2. The van der Waals surface area contributed by atoms with E-state index in [1.54, 1.807) is 12.1 Å². The maximum Gasteiger partial charge on any atom is 0.263 e. The van der Waals surface area contributed by atoms with Crippen LogP contribution in [-0.4, -0.2) is 31.1 Å². The average molecular weight is 368 g/mol. The summed E-state index contributed by atoms with van der Waals surface area (Å²) in [6, 6.07) is 6.54. The molecule has 0 saturated heterocycles. The molecule has 0 radical (unpaired) electrons. The minimum atomic E-state index is -3.69. The maximum atomic E-state index is 12.4. The van der Waals surface area contributed by atoms with Gasteiger partial charge in [0.1, 0.15) is 5.01 Å². The lowest BCUT2D eigenvalue weighted by molar-refractivity contribution is -0.118. The number of nitrogens with zero attached hydrogens (tertiary/aromatic N) is 2. The lowest BCUT2D eigenvalue weighted by atomic mass is 10.1. The number of benzene rings is 1. The Balaban J connectivity index is 2.04. The Bertz CT molecular complexity index is 798. The largest absolute Gasteiger partial charge is 0.356 e. The zero-order valence-electron chi connectivity index (χ0n) is 13.7. The van der Waals surface area contributed by atoms with Crippen molar-refractivity contribution in [1.82, 2.24) is 15.5 Å². The normalized spacial score (nSPS) is 11.5. The lowest BCUT2D eigenvalue weighted by Gasteiger charge is -2.06. The van der Waals surface area contributed by atoms with Crippen molar-refractivity contribution in [3.8, 4) is 0 Å². The van der Waals surface area contributed by atoms with Crippen LogP contribution in [0, 0.1) is 0 Å². The molecule has 1 aromatic carbocycles. The molecule has 0 aliphatic carbocycles. The van der Waals surface area contributed by atoms with Crippen LogP contribution in [0.3, 0.4) is 0 Å². The molecular formula is C15H20N4O3S2. The van der Waals surface area contributed by atoms with E-state index in [1.807, 2.05) is 13.8 Å². The number of carbonyl (C=O) groups excluding carboxylic acids is 1. The van der Waals surface area contributed by atoms with E-state index in [1.165, 1.54) is 30.4 Å². The second-order valence-corrected chi connectivity index (χ2v) is 8.27. The van der Waals surface area contributed by atoms with Gasteiger partial charge in [-0.1, -0.05) is 37.3 Å². The highest BCUT2D eigenvalue weighted by molar-refractivity contribution is 7.93. The highest BCUT2D eigenvalue weighted by atomic mass is 32.2. The number of aromatic nitrogens is 2. The molecule has 1 heterocycles. The summed E-state index contributed by atoms with van der Waals surface area (Å²) in [5.41, 5.74) is 0.945. The predicted octanol–water partition coefficient (Wildman–Crippen LogP) is 2.14. The fraction of sp³-hybridized carbons (Fsp3) is 0.400. The van der Waals surface area contributed by atoms with E-state index in [4.69, 9.17) is 0 Å². The van der Waals surface area contributed by atoms with Gasteiger partial charge in [-0.2, -0.15) is 0 Å². The zero-order chi connectivity index (χ0) is 17.7. The third-order valence-electron chi connectivity index (χ3n) is 3.18. The van der Waals surface area contributed by atoms with Gasteiger partial charge >= 0.3 is 0 Å². The van der Waals surface area contributed by atoms with Gasteiger partial charge in [-0.05, 0) is 24.1 Å². The maximum absolute atomic E-state index is 12.4. The fourth-order valence-corrected chi connectivity index (χ4v) is 3.88. The van der Waals surface area contributed by atoms with Crippen molar-refractivity contribution in [2.45, 2.75) is 38.0 Å². The molecule has 0 atom stereocenters. The summed E-state index contributed by atoms with van der Waals surface area (Å²) in [6.45, 7) is 5.92. The minimum absolute atomic E-state index is 0.0868. The summed E-state index contributed by atoms with van der Waals surface area (Å²) in [4.78, 5) is 11.0. The van der Waals surface area contributed by atoms with Crippen molar-refractivity contribution in [1.29, 1.82) is 0 Å². The summed E-state index contributed by atoms with van der Waals surface area (Å²) in [7, 11) is -3.69. The summed E-state index contributed by atoms with van der Waals surface area (Å²) in [6.07, 6.45) is 0.640. The zero-order valence-corrected chi connectivity index (χ0v) is 15.4. The van der Waals surface area contributed by atoms with Gasteiger partial charge in [-0.3, -0.25) is 9.52 Å². The molecule has 0 aliphatic rings.